The van der Waals surface area contributed by atoms with Crippen LogP contribution in [0.4, 0.5) is 11.4 Å². The molecule has 1 heterocycles. The van der Waals surface area contributed by atoms with Crippen molar-refractivity contribution in [2.24, 2.45) is 0 Å². The zero-order chi connectivity index (χ0) is 18.9. The molecule has 7 heteroatoms. The molecular formula is C22H32Cl2N4O. The fraction of sp³-hybridized carbons (Fsp3) is 0.409. The van der Waals surface area contributed by atoms with Gasteiger partial charge in [-0.25, -0.2) is 0 Å². The van der Waals surface area contributed by atoms with Crippen molar-refractivity contribution in [3.63, 3.8) is 0 Å². The predicted octanol–water partition coefficient (Wildman–Crippen LogP) is 3.79. The first-order chi connectivity index (χ1) is 13.3. The van der Waals surface area contributed by atoms with Crippen LogP contribution in [-0.2, 0) is 11.3 Å². The van der Waals surface area contributed by atoms with Gasteiger partial charge < -0.3 is 15.5 Å². The highest BCUT2D eigenvalue weighted by Crippen LogP contribution is 2.17. The van der Waals surface area contributed by atoms with Gasteiger partial charge in [0.25, 0.3) is 0 Å². The molecule has 0 atom stereocenters. The lowest BCUT2D eigenvalue weighted by Crippen LogP contribution is -2.47. The third kappa shape index (κ3) is 7.86. The highest BCUT2D eigenvalue weighted by Gasteiger charge is 2.17. The summed E-state index contributed by atoms with van der Waals surface area (Å²) < 4.78 is 0. The smallest absolute Gasteiger partial charge is 0.225 e. The summed E-state index contributed by atoms with van der Waals surface area (Å²) in [4.78, 5) is 17.2. The van der Waals surface area contributed by atoms with E-state index in [4.69, 9.17) is 0 Å². The quantitative estimate of drug-likeness (QED) is 0.657. The molecule has 3 rings (SSSR count). The maximum absolute atomic E-state index is 12.4. The Hall–Kier alpha value is -1.79. The van der Waals surface area contributed by atoms with Gasteiger partial charge in [0.05, 0.1) is 0 Å². The number of halogens is 2. The van der Waals surface area contributed by atoms with E-state index >= 15 is 0 Å². The van der Waals surface area contributed by atoms with Gasteiger partial charge in [-0.15, -0.1) is 24.8 Å². The van der Waals surface area contributed by atoms with Crippen molar-refractivity contribution in [3.05, 3.63) is 60.2 Å². The number of rotatable bonds is 8. The number of hydrogen-bond donors (Lipinski definition) is 2. The Balaban J connectivity index is 0.00000210. The number of piperazine rings is 1. The molecule has 0 spiro atoms. The molecule has 1 amide bonds. The van der Waals surface area contributed by atoms with E-state index in [0.29, 0.717) is 6.42 Å². The van der Waals surface area contributed by atoms with Crippen LogP contribution < -0.4 is 15.5 Å². The highest BCUT2D eigenvalue weighted by molar-refractivity contribution is 5.91. The van der Waals surface area contributed by atoms with Crippen LogP contribution in [0.25, 0.3) is 0 Å². The van der Waals surface area contributed by atoms with E-state index in [1.165, 1.54) is 5.69 Å². The first-order valence-corrected chi connectivity index (χ1v) is 9.87. The van der Waals surface area contributed by atoms with Crippen LogP contribution in [0.15, 0.2) is 54.6 Å². The number of hydrogen-bond acceptors (Lipinski definition) is 4. The summed E-state index contributed by atoms with van der Waals surface area (Å²) in [7, 11) is 0. The third-order valence-electron chi connectivity index (χ3n) is 5.01. The van der Waals surface area contributed by atoms with Crippen molar-refractivity contribution in [3.8, 4) is 0 Å². The Bertz CT molecular complexity index is 722. The average Bonchev–Trinajstić information content (AvgIpc) is 2.73. The Labute approximate surface area is 186 Å². The summed E-state index contributed by atoms with van der Waals surface area (Å²) in [6, 6.07) is 18.5. The van der Waals surface area contributed by atoms with Crippen molar-refractivity contribution < 1.29 is 4.79 Å². The van der Waals surface area contributed by atoms with Gasteiger partial charge in [-0.2, -0.15) is 0 Å². The molecule has 2 aromatic carbocycles. The van der Waals surface area contributed by atoms with Crippen molar-refractivity contribution in [2.75, 3.05) is 49.5 Å². The van der Waals surface area contributed by atoms with Crippen LogP contribution in [0.1, 0.15) is 18.9 Å². The second-order valence-electron chi connectivity index (χ2n) is 6.90. The molecule has 0 saturated carbocycles. The minimum atomic E-state index is 0. The van der Waals surface area contributed by atoms with Crippen molar-refractivity contribution in [1.29, 1.82) is 0 Å². The van der Waals surface area contributed by atoms with Crippen molar-refractivity contribution in [1.82, 2.24) is 10.2 Å². The number of amides is 1. The lowest BCUT2D eigenvalue weighted by molar-refractivity contribution is -0.116. The van der Waals surface area contributed by atoms with E-state index in [2.05, 4.69) is 63.8 Å². The minimum Gasteiger partial charge on any atom is -0.369 e. The Morgan fingerprint density at radius 2 is 1.59 bits per heavy atom. The fourth-order valence-corrected chi connectivity index (χ4v) is 3.40. The molecule has 29 heavy (non-hydrogen) atoms. The molecule has 2 aromatic rings. The molecule has 1 aliphatic rings. The number of nitrogens with zero attached hydrogens (tertiary/aromatic N) is 2. The molecule has 2 N–H and O–H groups in total. The van der Waals surface area contributed by atoms with E-state index in [-0.39, 0.29) is 30.7 Å². The number of benzene rings is 2. The Morgan fingerprint density at radius 1 is 0.931 bits per heavy atom. The number of carbonyl (C=O) groups is 1. The van der Waals surface area contributed by atoms with Crippen LogP contribution in [0, 0.1) is 0 Å². The second-order valence-corrected chi connectivity index (χ2v) is 6.90. The summed E-state index contributed by atoms with van der Waals surface area (Å²) in [5, 5.41) is 6.39. The largest absolute Gasteiger partial charge is 0.369 e. The number of para-hydroxylation sites is 2. The molecule has 160 valence electrons. The standard InChI is InChI=1S/C22H30N4O.2ClH/c1-2-23-18-19-8-6-7-11-21(19)24-22(27)12-13-25-14-16-26(17-15-25)20-9-4-3-5-10-20;;/h3-11,23H,2,12-18H2,1H3,(H,24,27);2*1H. The van der Waals surface area contributed by atoms with Crippen LogP contribution in [0.5, 0.6) is 0 Å². The Morgan fingerprint density at radius 3 is 2.28 bits per heavy atom. The van der Waals surface area contributed by atoms with E-state index in [0.717, 1.165) is 57.1 Å². The number of anilines is 2. The van der Waals surface area contributed by atoms with E-state index in [9.17, 15) is 4.79 Å². The fourth-order valence-electron chi connectivity index (χ4n) is 3.40. The predicted molar refractivity (Wildman–Crippen MR) is 127 cm³/mol. The maximum Gasteiger partial charge on any atom is 0.225 e. The third-order valence-corrected chi connectivity index (χ3v) is 5.01. The number of nitrogens with one attached hydrogen (secondary N) is 2. The molecule has 1 aliphatic heterocycles. The van der Waals surface area contributed by atoms with Crippen LogP contribution in [0.3, 0.4) is 0 Å². The van der Waals surface area contributed by atoms with Crippen molar-refractivity contribution in [2.45, 2.75) is 19.9 Å². The first kappa shape index (κ1) is 25.2. The molecule has 1 fully saturated rings. The van der Waals surface area contributed by atoms with E-state index in [1.54, 1.807) is 0 Å². The van der Waals surface area contributed by atoms with Gasteiger partial charge in [0.2, 0.25) is 5.91 Å². The molecule has 0 radical (unpaired) electrons. The first-order valence-electron chi connectivity index (χ1n) is 9.87. The monoisotopic (exact) mass is 438 g/mol. The summed E-state index contributed by atoms with van der Waals surface area (Å²) in [6.45, 7) is 8.60. The lowest BCUT2D eigenvalue weighted by Gasteiger charge is -2.36. The summed E-state index contributed by atoms with van der Waals surface area (Å²) in [6.07, 6.45) is 0.529. The molecule has 0 aromatic heterocycles. The van der Waals surface area contributed by atoms with Gasteiger partial charge >= 0.3 is 0 Å². The molecule has 0 aliphatic carbocycles. The minimum absolute atomic E-state index is 0. The summed E-state index contributed by atoms with van der Waals surface area (Å²) >= 11 is 0. The normalized spacial score (nSPS) is 13.9. The topological polar surface area (TPSA) is 47.6 Å². The van der Waals surface area contributed by atoms with Gasteiger partial charge in [-0.05, 0) is 30.3 Å². The maximum atomic E-state index is 12.4. The zero-order valence-electron chi connectivity index (χ0n) is 17.0. The molecule has 1 saturated heterocycles. The highest BCUT2D eigenvalue weighted by atomic mass is 35.5. The molecule has 0 unspecified atom stereocenters. The van der Waals surface area contributed by atoms with E-state index < -0.39 is 0 Å². The van der Waals surface area contributed by atoms with Gasteiger partial charge in [-0.1, -0.05) is 43.3 Å². The second kappa shape index (κ2) is 13.4. The molecule has 5 nitrogen and oxygen atoms in total. The lowest BCUT2D eigenvalue weighted by atomic mass is 10.1. The number of carbonyl (C=O) groups excluding carboxylic acids is 1. The van der Waals surface area contributed by atoms with Crippen LogP contribution >= 0.6 is 24.8 Å². The molecule has 0 bridgehead atoms. The average molecular weight is 439 g/mol. The van der Waals surface area contributed by atoms with Gasteiger partial charge in [0.1, 0.15) is 0 Å². The van der Waals surface area contributed by atoms with Gasteiger partial charge in [0.15, 0.2) is 0 Å². The summed E-state index contributed by atoms with van der Waals surface area (Å²) in [5.74, 6) is 0.0874. The van der Waals surface area contributed by atoms with Crippen LogP contribution in [-0.4, -0.2) is 50.1 Å². The van der Waals surface area contributed by atoms with Crippen LogP contribution in [0.2, 0.25) is 0 Å². The van der Waals surface area contributed by atoms with Crippen molar-refractivity contribution >= 4 is 42.1 Å². The van der Waals surface area contributed by atoms with E-state index in [1.807, 2.05) is 18.2 Å². The van der Waals surface area contributed by atoms with Gasteiger partial charge in [-0.3, -0.25) is 9.69 Å². The zero-order valence-corrected chi connectivity index (χ0v) is 18.6. The summed E-state index contributed by atoms with van der Waals surface area (Å²) in [5.41, 5.74) is 3.33. The van der Waals surface area contributed by atoms with Gasteiger partial charge in [0, 0.05) is 57.1 Å². The molecular weight excluding hydrogens is 407 g/mol. The Kier molecular flexibility index (Phi) is 11.7. The SMILES string of the molecule is CCNCc1ccccc1NC(=O)CCN1CCN(c2ccccc2)CC1.Cl.Cl.